The van der Waals surface area contributed by atoms with Crippen molar-refractivity contribution in [1.82, 2.24) is 15.3 Å². The number of hydrogen-bond donors (Lipinski definition) is 2. The van der Waals surface area contributed by atoms with Crippen LogP contribution in [-0.2, 0) is 0 Å². The van der Waals surface area contributed by atoms with E-state index in [-0.39, 0.29) is 5.91 Å². The first kappa shape index (κ1) is 23.4. The third kappa shape index (κ3) is 5.77. The first-order chi connectivity index (χ1) is 16.0. The molecular weight excluding hydrogens is 430 g/mol. The Bertz CT molecular complexity index is 1090. The number of nitrogens with one attached hydrogen (secondary N) is 2. The Kier molecular flexibility index (Phi) is 7.70. The molecule has 0 radical (unpaired) electrons. The Morgan fingerprint density at radius 3 is 2.67 bits per heavy atom. The van der Waals surface area contributed by atoms with Gasteiger partial charge in [0.2, 0.25) is 0 Å². The van der Waals surface area contributed by atoms with Crippen molar-refractivity contribution in [1.29, 1.82) is 0 Å². The molecule has 2 N–H and O–H groups in total. The van der Waals surface area contributed by atoms with Gasteiger partial charge in [0.15, 0.2) is 0 Å². The number of thioether (sulfide) groups is 1. The van der Waals surface area contributed by atoms with Gasteiger partial charge in [0.05, 0.1) is 11.1 Å². The van der Waals surface area contributed by atoms with E-state index in [0.29, 0.717) is 17.5 Å². The predicted octanol–water partition coefficient (Wildman–Crippen LogP) is 5.21. The molecule has 2 heterocycles. The zero-order chi connectivity index (χ0) is 23.2. The predicted molar refractivity (Wildman–Crippen MR) is 138 cm³/mol. The summed E-state index contributed by atoms with van der Waals surface area (Å²) in [5, 5.41) is 8.79. The van der Waals surface area contributed by atoms with E-state index in [0.717, 1.165) is 54.3 Å². The quantitative estimate of drug-likeness (QED) is 0.447. The van der Waals surface area contributed by atoms with Crippen molar-refractivity contribution >= 4 is 40.1 Å². The van der Waals surface area contributed by atoms with Gasteiger partial charge in [0.25, 0.3) is 5.91 Å². The number of amides is 1. The Morgan fingerprint density at radius 2 is 1.91 bits per heavy atom. The minimum Gasteiger partial charge on any atom is -0.377 e. The van der Waals surface area contributed by atoms with E-state index < -0.39 is 0 Å². The highest BCUT2D eigenvalue weighted by atomic mass is 32.2. The normalized spacial score (nSPS) is 18.2. The lowest BCUT2D eigenvalue weighted by atomic mass is 9.86. The number of para-hydroxylation sites is 1. The van der Waals surface area contributed by atoms with Gasteiger partial charge in [0, 0.05) is 50.0 Å². The minimum atomic E-state index is -0.0177. The van der Waals surface area contributed by atoms with Crippen molar-refractivity contribution in [2.45, 2.75) is 43.7 Å². The molecule has 2 aromatic heterocycles. The Balaban J connectivity index is 1.31. The second-order valence-electron chi connectivity index (χ2n) is 8.80. The van der Waals surface area contributed by atoms with Crippen molar-refractivity contribution < 1.29 is 4.79 Å². The van der Waals surface area contributed by atoms with Gasteiger partial charge in [-0.2, -0.15) is 0 Å². The van der Waals surface area contributed by atoms with Crippen LogP contribution in [0.5, 0.6) is 0 Å². The molecule has 1 aliphatic carbocycles. The molecule has 33 heavy (non-hydrogen) atoms. The van der Waals surface area contributed by atoms with E-state index in [1.165, 1.54) is 11.1 Å². The topological polar surface area (TPSA) is 70.2 Å². The van der Waals surface area contributed by atoms with E-state index in [1.807, 2.05) is 18.2 Å². The second kappa shape index (κ2) is 10.9. The van der Waals surface area contributed by atoms with Gasteiger partial charge in [-0.25, -0.2) is 9.97 Å². The molecule has 0 saturated heterocycles. The van der Waals surface area contributed by atoms with Crippen molar-refractivity contribution in [3.05, 3.63) is 54.2 Å². The van der Waals surface area contributed by atoms with Crippen molar-refractivity contribution in [2.24, 2.45) is 5.92 Å². The third-order valence-electron chi connectivity index (χ3n) is 6.22. The number of carbonyl (C=O) groups excluding carboxylic acids is 1. The molecule has 0 spiro atoms. The highest BCUT2D eigenvalue weighted by Crippen LogP contribution is 2.30. The molecule has 1 aliphatic rings. The Morgan fingerprint density at radius 1 is 1.12 bits per heavy atom. The van der Waals surface area contributed by atoms with Crippen LogP contribution in [0.1, 0.15) is 43.0 Å². The molecule has 1 amide bonds. The summed E-state index contributed by atoms with van der Waals surface area (Å²) in [5.41, 5.74) is 2.87. The number of rotatable bonds is 8. The summed E-state index contributed by atoms with van der Waals surface area (Å²) >= 11 is 1.61. The van der Waals surface area contributed by atoms with Gasteiger partial charge in [0.1, 0.15) is 10.8 Å². The fourth-order valence-corrected chi connectivity index (χ4v) is 5.19. The highest BCUT2D eigenvalue weighted by Gasteiger charge is 2.23. The zero-order valence-corrected chi connectivity index (χ0v) is 20.5. The molecule has 1 saturated carbocycles. The molecular formula is C26H33N5OS. The van der Waals surface area contributed by atoms with E-state index >= 15 is 0 Å². The minimum absolute atomic E-state index is 0.0177. The van der Waals surface area contributed by atoms with Crippen LogP contribution in [0.2, 0.25) is 0 Å². The lowest BCUT2D eigenvalue weighted by Gasteiger charge is -2.30. The fraction of sp³-hybridized carbons (Fsp3) is 0.423. The van der Waals surface area contributed by atoms with Gasteiger partial charge >= 0.3 is 0 Å². The van der Waals surface area contributed by atoms with Crippen LogP contribution in [-0.4, -0.2) is 48.3 Å². The molecule has 1 aromatic carbocycles. The fourth-order valence-electron chi connectivity index (χ4n) is 4.47. The molecule has 3 aromatic rings. The van der Waals surface area contributed by atoms with Crippen LogP contribution >= 0.6 is 11.8 Å². The summed E-state index contributed by atoms with van der Waals surface area (Å²) in [6, 6.07) is 14.5. The third-order valence-corrected chi connectivity index (χ3v) is 7.11. The molecule has 0 unspecified atom stereocenters. The zero-order valence-electron chi connectivity index (χ0n) is 19.7. The van der Waals surface area contributed by atoms with Gasteiger partial charge < -0.3 is 15.5 Å². The summed E-state index contributed by atoms with van der Waals surface area (Å²) < 4.78 is 0. The van der Waals surface area contributed by atoms with E-state index in [9.17, 15) is 4.79 Å². The standard InChI is InChI=1S/C26H33N5OS/c1-4-33-26-21(9-7-15-27-26)25(32)28-17-18-11-13-19(14-12-18)29-24-16-23(31(2)3)20-8-5-6-10-22(20)30-24/h5-10,15-16,18-19H,4,11-14,17H2,1-3H3,(H,28,32)(H,29,30)/t18-,19+. The smallest absolute Gasteiger partial charge is 0.254 e. The molecule has 6 nitrogen and oxygen atoms in total. The van der Waals surface area contributed by atoms with Crippen molar-refractivity contribution in [3.63, 3.8) is 0 Å². The number of fused-ring (bicyclic) bond motifs is 1. The molecule has 1 fully saturated rings. The average molecular weight is 464 g/mol. The lowest BCUT2D eigenvalue weighted by molar-refractivity contribution is 0.0939. The first-order valence-corrected chi connectivity index (χ1v) is 12.7. The van der Waals surface area contributed by atoms with Crippen LogP contribution in [0, 0.1) is 5.92 Å². The monoisotopic (exact) mass is 463 g/mol. The summed E-state index contributed by atoms with van der Waals surface area (Å²) in [5.74, 6) is 2.33. The van der Waals surface area contributed by atoms with E-state index in [2.05, 4.69) is 65.8 Å². The molecule has 4 rings (SSSR count). The number of carbonyl (C=O) groups is 1. The Hall–Kier alpha value is -2.80. The van der Waals surface area contributed by atoms with Crippen molar-refractivity contribution in [3.8, 4) is 0 Å². The summed E-state index contributed by atoms with van der Waals surface area (Å²) in [6.07, 6.45) is 6.09. The maximum absolute atomic E-state index is 12.7. The maximum Gasteiger partial charge on any atom is 0.254 e. The highest BCUT2D eigenvalue weighted by molar-refractivity contribution is 7.99. The van der Waals surface area contributed by atoms with Crippen LogP contribution < -0.4 is 15.5 Å². The SMILES string of the molecule is CCSc1ncccc1C(=O)NC[C@H]1CC[C@@H](Nc2cc(N(C)C)c3ccccc3n2)CC1. The summed E-state index contributed by atoms with van der Waals surface area (Å²) in [4.78, 5) is 24.0. The molecule has 7 heteroatoms. The van der Waals surface area contributed by atoms with Crippen LogP contribution in [0.4, 0.5) is 11.5 Å². The van der Waals surface area contributed by atoms with Gasteiger partial charge in [-0.1, -0.05) is 25.1 Å². The van der Waals surface area contributed by atoms with Gasteiger partial charge in [-0.3, -0.25) is 4.79 Å². The van der Waals surface area contributed by atoms with Crippen LogP contribution in [0.3, 0.4) is 0 Å². The van der Waals surface area contributed by atoms with Crippen LogP contribution in [0.15, 0.2) is 53.7 Å². The van der Waals surface area contributed by atoms with Crippen molar-refractivity contribution in [2.75, 3.05) is 36.6 Å². The second-order valence-corrected chi connectivity index (χ2v) is 10.1. The average Bonchev–Trinajstić information content (AvgIpc) is 2.83. The van der Waals surface area contributed by atoms with Gasteiger partial charge in [-0.05, 0) is 55.6 Å². The number of pyridine rings is 2. The molecule has 174 valence electrons. The molecule has 0 aliphatic heterocycles. The first-order valence-electron chi connectivity index (χ1n) is 11.7. The number of hydrogen-bond acceptors (Lipinski definition) is 6. The molecule has 0 atom stereocenters. The Labute approximate surface area is 200 Å². The number of benzene rings is 1. The maximum atomic E-state index is 12.7. The van der Waals surface area contributed by atoms with E-state index in [4.69, 9.17) is 4.98 Å². The lowest BCUT2D eigenvalue weighted by Crippen LogP contribution is -2.34. The number of aromatic nitrogens is 2. The van der Waals surface area contributed by atoms with Crippen LogP contribution in [0.25, 0.3) is 10.9 Å². The number of anilines is 2. The largest absolute Gasteiger partial charge is 0.377 e. The number of nitrogens with zero attached hydrogens (tertiary/aromatic N) is 3. The van der Waals surface area contributed by atoms with Gasteiger partial charge in [-0.15, -0.1) is 11.8 Å². The van der Waals surface area contributed by atoms with E-state index in [1.54, 1.807) is 18.0 Å². The summed E-state index contributed by atoms with van der Waals surface area (Å²) in [6.45, 7) is 2.79. The summed E-state index contributed by atoms with van der Waals surface area (Å²) in [7, 11) is 4.14. The molecule has 0 bridgehead atoms.